The van der Waals surface area contributed by atoms with Crippen LogP contribution in [0.4, 0.5) is 0 Å². The Morgan fingerprint density at radius 1 is 1.62 bits per heavy atom. The van der Waals surface area contributed by atoms with Crippen LogP contribution in [0.3, 0.4) is 0 Å². The Hall–Kier alpha value is -1.41. The van der Waals surface area contributed by atoms with Gasteiger partial charge in [0.1, 0.15) is 0 Å². The van der Waals surface area contributed by atoms with Crippen molar-refractivity contribution in [1.82, 2.24) is 4.90 Å². The molecule has 2 nitrogen and oxygen atoms in total. The van der Waals surface area contributed by atoms with Gasteiger partial charge in [-0.1, -0.05) is 11.8 Å². The summed E-state index contributed by atoms with van der Waals surface area (Å²) < 4.78 is 0. The lowest BCUT2D eigenvalue weighted by Crippen LogP contribution is -2.32. The molecular formula is C11H13NO. The van der Waals surface area contributed by atoms with Crippen LogP contribution >= 0.6 is 0 Å². The average molecular weight is 175 g/mol. The van der Waals surface area contributed by atoms with Gasteiger partial charge in [0.05, 0.1) is 6.54 Å². The van der Waals surface area contributed by atoms with E-state index in [1.165, 1.54) is 12.8 Å². The smallest absolute Gasteiger partial charge is 0.299 e. The molecule has 68 valence electrons. The van der Waals surface area contributed by atoms with Gasteiger partial charge >= 0.3 is 0 Å². The summed E-state index contributed by atoms with van der Waals surface area (Å²) in [5.74, 6) is 8.09. The summed E-state index contributed by atoms with van der Waals surface area (Å²) in [6.45, 7) is 2.81. The standard InChI is InChI=1S/C11H13NO/c1-3-5-11(13)12(8-4-2)9-10-6-7-10/h2,10H,6-9H2,1H3. The number of amides is 1. The SMILES string of the molecule is C#CCN(CC1CC1)C(=O)C#CC. The van der Waals surface area contributed by atoms with Crippen molar-refractivity contribution in [3.05, 3.63) is 0 Å². The maximum atomic E-state index is 11.4. The number of nitrogens with zero attached hydrogens (tertiary/aromatic N) is 1. The molecule has 1 amide bonds. The van der Waals surface area contributed by atoms with Crippen molar-refractivity contribution in [2.75, 3.05) is 13.1 Å². The first-order valence-corrected chi connectivity index (χ1v) is 4.43. The molecule has 1 aliphatic carbocycles. The fourth-order valence-electron chi connectivity index (χ4n) is 1.13. The van der Waals surface area contributed by atoms with E-state index >= 15 is 0 Å². The molecule has 0 bridgehead atoms. The zero-order valence-electron chi connectivity index (χ0n) is 7.84. The predicted octanol–water partition coefficient (Wildman–Crippen LogP) is 0.882. The second-order valence-corrected chi connectivity index (χ2v) is 3.21. The van der Waals surface area contributed by atoms with Crippen LogP contribution in [0.15, 0.2) is 0 Å². The number of carbonyl (C=O) groups excluding carboxylic acids is 1. The molecule has 1 fully saturated rings. The maximum Gasteiger partial charge on any atom is 0.299 e. The monoisotopic (exact) mass is 175 g/mol. The zero-order valence-corrected chi connectivity index (χ0v) is 7.84. The summed E-state index contributed by atoms with van der Waals surface area (Å²) in [6.07, 6.45) is 7.60. The zero-order chi connectivity index (χ0) is 9.68. The highest BCUT2D eigenvalue weighted by Gasteiger charge is 2.25. The Morgan fingerprint density at radius 3 is 2.77 bits per heavy atom. The van der Waals surface area contributed by atoms with Crippen LogP contribution in [-0.4, -0.2) is 23.9 Å². The van der Waals surface area contributed by atoms with Crippen molar-refractivity contribution in [2.45, 2.75) is 19.8 Å². The van der Waals surface area contributed by atoms with Crippen LogP contribution in [-0.2, 0) is 4.79 Å². The Bertz CT molecular complexity index is 285. The topological polar surface area (TPSA) is 20.3 Å². The van der Waals surface area contributed by atoms with Gasteiger partial charge in [0, 0.05) is 6.54 Å². The molecule has 1 rings (SSSR count). The number of hydrogen-bond acceptors (Lipinski definition) is 1. The molecule has 0 aromatic carbocycles. The second-order valence-electron chi connectivity index (χ2n) is 3.21. The van der Waals surface area contributed by atoms with Gasteiger partial charge in [-0.05, 0) is 31.6 Å². The van der Waals surface area contributed by atoms with E-state index in [-0.39, 0.29) is 5.91 Å². The number of carbonyl (C=O) groups is 1. The minimum Gasteiger partial charge on any atom is -0.320 e. The van der Waals surface area contributed by atoms with Gasteiger partial charge in [-0.15, -0.1) is 6.42 Å². The third kappa shape index (κ3) is 3.22. The molecule has 0 atom stereocenters. The molecule has 1 aliphatic rings. The van der Waals surface area contributed by atoms with Crippen molar-refractivity contribution in [1.29, 1.82) is 0 Å². The highest BCUT2D eigenvalue weighted by Crippen LogP contribution is 2.29. The van der Waals surface area contributed by atoms with E-state index in [1.807, 2.05) is 0 Å². The molecule has 0 heterocycles. The third-order valence-corrected chi connectivity index (χ3v) is 1.98. The van der Waals surface area contributed by atoms with Crippen LogP contribution in [0.5, 0.6) is 0 Å². The number of hydrogen-bond donors (Lipinski definition) is 0. The highest BCUT2D eigenvalue weighted by atomic mass is 16.2. The third-order valence-electron chi connectivity index (χ3n) is 1.98. The molecule has 1 saturated carbocycles. The normalized spacial score (nSPS) is 13.8. The number of rotatable bonds is 3. The first kappa shape index (κ1) is 9.68. The Kier molecular flexibility index (Phi) is 3.41. The summed E-state index contributed by atoms with van der Waals surface area (Å²) in [5.41, 5.74) is 0. The van der Waals surface area contributed by atoms with Crippen LogP contribution in [0, 0.1) is 30.1 Å². The molecule has 0 aromatic heterocycles. The van der Waals surface area contributed by atoms with E-state index in [0.717, 1.165) is 6.54 Å². The van der Waals surface area contributed by atoms with Gasteiger partial charge in [-0.2, -0.15) is 0 Å². The van der Waals surface area contributed by atoms with E-state index in [4.69, 9.17) is 6.42 Å². The summed E-state index contributed by atoms with van der Waals surface area (Å²) in [5, 5.41) is 0. The van der Waals surface area contributed by atoms with Gasteiger partial charge < -0.3 is 4.90 Å². The number of terminal acetylenes is 1. The van der Waals surface area contributed by atoms with E-state index < -0.39 is 0 Å². The lowest BCUT2D eigenvalue weighted by atomic mass is 10.3. The van der Waals surface area contributed by atoms with Gasteiger partial charge in [-0.25, -0.2) is 0 Å². The molecule has 0 aromatic rings. The molecule has 0 unspecified atom stereocenters. The van der Waals surface area contributed by atoms with Gasteiger partial charge in [0.25, 0.3) is 5.91 Å². The van der Waals surface area contributed by atoms with Crippen LogP contribution in [0.25, 0.3) is 0 Å². The lowest BCUT2D eigenvalue weighted by Gasteiger charge is -2.16. The fraction of sp³-hybridized carbons (Fsp3) is 0.545. The minimum absolute atomic E-state index is 0.146. The van der Waals surface area contributed by atoms with Gasteiger partial charge in [0.2, 0.25) is 0 Å². The molecule has 0 N–H and O–H groups in total. The lowest BCUT2D eigenvalue weighted by molar-refractivity contribution is -0.124. The summed E-state index contributed by atoms with van der Waals surface area (Å²) in [4.78, 5) is 13.0. The van der Waals surface area contributed by atoms with E-state index in [9.17, 15) is 4.79 Å². The van der Waals surface area contributed by atoms with Crippen molar-refractivity contribution in [3.63, 3.8) is 0 Å². The molecule has 0 saturated heterocycles. The quantitative estimate of drug-likeness (QED) is 0.583. The van der Waals surface area contributed by atoms with Crippen molar-refractivity contribution >= 4 is 5.91 Å². The van der Waals surface area contributed by atoms with E-state index in [0.29, 0.717) is 12.5 Å². The Labute approximate surface area is 79.3 Å². The van der Waals surface area contributed by atoms with Crippen LogP contribution in [0.1, 0.15) is 19.8 Å². The highest BCUT2D eigenvalue weighted by molar-refractivity contribution is 5.93. The summed E-state index contributed by atoms with van der Waals surface area (Å²) in [7, 11) is 0. The first-order chi connectivity index (χ1) is 6.27. The van der Waals surface area contributed by atoms with Crippen molar-refractivity contribution < 1.29 is 4.79 Å². The predicted molar refractivity (Wildman–Crippen MR) is 51.6 cm³/mol. The Morgan fingerprint density at radius 2 is 2.31 bits per heavy atom. The van der Waals surface area contributed by atoms with E-state index in [1.54, 1.807) is 11.8 Å². The largest absolute Gasteiger partial charge is 0.320 e. The summed E-state index contributed by atoms with van der Waals surface area (Å²) in [6, 6.07) is 0. The molecular weight excluding hydrogens is 162 g/mol. The molecule has 0 spiro atoms. The Balaban J connectivity index is 2.48. The van der Waals surface area contributed by atoms with Crippen molar-refractivity contribution in [2.24, 2.45) is 5.92 Å². The minimum atomic E-state index is -0.146. The van der Waals surface area contributed by atoms with Crippen LogP contribution in [0.2, 0.25) is 0 Å². The maximum absolute atomic E-state index is 11.4. The molecule has 2 heteroatoms. The molecule has 13 heavy (non-hydrogen) atoms. The van der Waals surface area contributed by atoms with Crippen LogP contribution < -0.4 is 0 Å². The molecule has 0 radical (unpaired) electrons. The van der Waals surface area contributed by atoms with Gasteiger partial charge in [0.15, 0.2) is 0 Å². The average Bonchev–Trinajstić information content (AvgIpc) is 2.88. The summed E-state index contributed by atoms with van der Waals surface area (Å²) >= 11 is 0. The fourth-order valence-corrected chi connectivity index (χ4v) is 1.13. The second kappa shape index (κ2) is 4.58. The van der Waals surface area contributed by atoms with Crippen molar-refractivity contribution in [3.8, 4) is 24.2 Å². The molecule has 0 aliphatic heterocycles. The van der Waals surface area contributed by atoms with E-state index in [2.05, 4.69) is 17.8 Å². The first-order valence-electron chi connectivity index (χ1n) is 4.43. The van der Waals surface area contributed by atoms with Gasteiger partial charge in [-0.3, -0.25) is 4.79 Å².